The highest BCUT2D eigenvalue weighted by molar-refractivity contribution is 5.60. The average Bonchev–Trinajstić information content (AvgIpc) is 3.12. The van der Waals surface area contributed by atoms with E-state index in [0.717, 1.165) is 51.0 Å². The van der Waals surface area contributed by atoms with E-state index in [1.807, 2.05) is 12.1 Å². The van der Waals surface area contributed by atoms with Gasteiger partial charge < -0.3 is 15.3 Å². The van der Waals surface area contributed by atoms with Crippen molar-refractivity contribution in [2.45, 2.75) is 51.6 Å². The van der Waals surface area contributed by atoms with E-state index in [9.17, 15) is 9.90 Å². The Bertz CT molecular complexity index is 1070. The molecule has 0 bridgehead atoms. The summed E-state index contributed by atoms with van der Waals surface area (Å²) in [4.78, 5) is 23.6. The number of hydrogen-bond donors (Lipinski definition) is 3. The third-order valence-electron chi connectivity index (χ3n) is 5.86. The molecule has 3 N–H and O–H groups in total. The Morgan fingerprint density at radius 1 is 1.16 bits per heavy atom. The van der Waals surface area contributed by atoms with Gasteiger partial charge in [-0.2, -0.15) is 4.98 Å². The number of benzene rings is 1. The van der Waals surface area contributed by atoms with Crippen molar-refractivity contribution < 1.29 is 5.11 Å². The van der Waals surface area contributed by atoms with Crippen LogP contribution in [-0.4, -0.2) is 61.9 Å². The zero-order valence-electron chi connectivity index (χ0n) is 18.6. The molecule has 2 aromatic heterocycles. The number of nitrogens with one attached hydrogen (secondary N) is 2. The first-order valence-electron chi connectivity index (χ1n) is 11.0. The smallest absolute Gasteiger partial charge is 0.266 e. The summed E-state index contributed by atoms with van der Waals surface area (Å²) in [6.07, 6.45) is 2.50. The van der Waals surface area contributed by atoms with E-state index in [0.29, 0.717) is 17.4 Å². The molecule has 0 amide bonds. The predicted octanol–water partition coefficient (Wildman–Crippen LogP) is 2.64. The number of hydrogen-bond acceptors (Lipinski definition) is 6. The number of fused-ring (bicyclic) bond motifs is 1. The Morgan fingerprint density at radius 2 is 1.87 bits per heavy atom. The first-order chi connectivity index (χ1) is 14.8. The largest absolute Gasteiger partial charge is 0.393 e. The molecular formula is C23H32N6O2. The molecule has 0 aliphatic carbocycles. The zero-order valence-corrected chi connectivity index (χ0v) is 18.6. The molecule has 31 heavy (non-hydrogen) atoms. The Kier molecular flexibility index (Phi) is 6.11. The van der Waals surface area contributed by atoms with Gasteiger partial charge in [0.2, 0.25) is 5.95 Å². The van der Waals surface area contributed by atoms with E-state index in [4.69, 9.17) is 4.98 Å². The number of piperidine rings is 1. The van der Waals surface area contributed by atoms with Crippen LogP contribution in [0.5, 0.6) is 0 Å². The lowest BCUT2D eigenvalue weighted by Crippen LogP contribution is -2.36. The van der Waals surface area contributed by atoms with Crippen LogP contribution >= 0.6 is 0 Å². The maximum atomic E-state index is 11.9. The first kappa shape index (κ1) is 21.5. The van der Waals surface area contributed by atoms with Crippen LogP contribution in [-0.2, 0) is 5.41 Å². The third kappa shape index (κ3) is 5.14. The number of aromatic nitrogens is 4. The number of rotatable bonds is 6. The minimum Gasteiger partial charge on any atom is -0.393 e. The fourth-order valence-corrected chi connectivity index (χ4v) is 3.92. The summed E-state index contributed by atoms with van der Waals surface area (Å²) in [5.41, 5.74) is 2.58. The van der Waals surface area contributed by atoms with Crippen molar-refractivity contribution in [3.63, 3.8) is 0 Å². The van der Waals surface area contributed by atoms with Crippen LogP contribution in [0.3, 0.4) is 0 Å². The van der Waals surface area contributed by atoms with Crippen LogP contribution < -0.4 is 10.9 Å². The van der Waals surface area contributed by atoms with E-state index < -0.39 is 0 Å². The van der Waals surface area contributed by atoms with E-state index in [1.165, 1.54) is 11.6 Å². The number of aliphatic hydroxyl groups excluding tert-OH is 1. The van der Waals surface area contributed by atoms with Gasteiger partial charge in [0.25, 0.3) is 5.56 Å². The maximum absolute atomic E-state index is 11.9. The molecule has 0 radical (unpaired) electrons. The van der Waals surface area contributed by atoms with Crippen LogP contribution in [0.4, 0.5) is 5.95 Å². The molecule has 1 fully saturated rings. The molecule has 3 aromatic rings. The van der Waals surface area contributed by atoms with Crippen molar-refractivity contribution in [2.24, 2.45) is 0 Å². The van der Waals surface area contributed by atoms with Gasteiger partial charge in [-0.15, -0.1) is 0 Å². The van der Waals surface area contributed by atoms with Gasteiger partial charge in [-0.05, 0) is 36.8 Å². The fourth-order valence-electron chi connectivity index (χ4n) is 3.92. The van der Waals surface area contributed by atoms with Gasteiger partial charge in [0.1, 0.15) is 0 Å². The topological polar surface area (TPSA) is 98.5 Å². The van der Waals surface area contributed by atoms with E-state index in [1.54, 1.807) is 4.52 Å². The standard InChI is InChI=1S/C23H32N6O2/c1-23(2,3)17-7-5-16(6-8-17)21-25-19-15-20(31)27-29(19)22(26-21)24-11-4-12-28-13-9-18(30)10-14-28/h5-8,15,18,30H,4,9-14H2,1-3H3,(H,27,31)(H,24,25,26). The van der Waals surface area contributed by atoms with Crippen LogP contribution in [0.15, 0.2) is 35.1 Å². The molecule has 1 saturated heterocycles. The number of aliphatic hydroxyl groups is 1. The Balaban J connectivity index is 1.49. The van der Waals surface area contributed by atoms with Crippen molar-refractivity contribution in [1.29, 1.82) is 0 Å². The van der Waals surface area contributed by atoms with Crippen molar-refractivity contribution in [2.75, 3.05) is 31.5 Å². The van der Waals surface area contributed by atoms with Crippen molar-refractivity contribution >= 4 is 11.6 Å². The van der Waals surface area contributed by atoms with Gasteiger partial charge in [0.05, 0.1) is 6.10 Å². The lowest BCUT2D eigenvalue weighted by atomic mass is 9.87. The van der Waals surface area contributed by atoms with Gasteiger partial charge in [-0.25, -0.2) is 9.50 Å². The second-order valence-electron chi connectivity index (χ2n) is 9.37. The highest BCUT2D eigenvalue weighted by Gasteiger charge is 2.17. The molecule has 1 aliphatic rings. The summed E-state index contributed by atoms with van der Waals surface area (Å²) in [5, 5.41) is 15.8. The highest BCUT2D eigenvalue weighted by Crippen LogP contribution is 2.25. The summed E-state index contributed by atoms with van der Waals surface area (Å²) in [6, 6.07) is 9.76. The average molecular weight is 425 g/mol. The SMILES string of the molecule is CC(C)(C)c1ccc(-c2nc(NCCCN3CCC(O)CC3)n3[nH]c(=O)cc3n2)cc1. The molecule has 0 saturated carbocycles. The summed E-state index contributed by atoms with van der Waals surface area (Å²) in [6.45, 7) is 10.1. The van der Waals surface area contributed by atoms with Crippen LogP contribution in [0.2, 0.25) is 0 Å². The second-order valence-corrected chi connectivity index (χ2v) is 9.37. The third-order valence-corrected chi connectivity index (χ3v) is 5.86. The number of anilines is 1. The molecular weight excluding hydrogens is 392 g/mol. The Labute approximate surface area is 182 Å². The molecule has 3 heterocycles. The first-order valence-corrected chi connectivity index (χ1v) is 11.0. The number of H-pyrrole nitrogens is 1. The molecule has 0 unspecified atom stereocenters. The zero-order chi connectivity index (χ0) is 22.0. The maximum Gasteiger partial charge on any atom is 0.266 e. The molecule has 8 nitrogen and oxygen atoms in total. The van der Waals surface area contributed by atoms with Crippen molar-refractivity contribution in [3.8, 4) is 11.4 Å². The molecule has 0 spiro atoms. The van der Waals surface area contributed by atoms with Gasteiger partial charge >= 0.3 is 0 Å². The monoisotopic (exact) mass is 424 g/mol. The summed E-state index contributed by atoms with van der Waals surface area (Å²) in [7, 11) is 0. The van der Waals surface area contributed by atoms with Crippen LogP contribution in [0.1, 0.15) is 45.6 Å². The molecule has 4 rings (SSSR count). The van der Waals surface area contributed by atoms with Crippen molar-refractivity contribution in [1.82, 2.24) is 24.5 Å². The summed E-state index contributed by atoms with van der Waals surface area (Å²) in [5.74, 6) is 1.17. The Hall–Kier alpha value is -2.71. The van der Waals surface area contributed by atoms with Crippen LogP contribution in [0, 0.1) is 0 Å². The number of nitrogens with zero attached hydrogens (tertiary/aromatic N) is 4. The quantitative estimate of drug-likeness (QED) is 0.526. The lowest BCUT2D eigenvalue weighted by Gasteiger charge is -2.29. The fraction of sp³-hybridized carbons (Fsp3) is 0.522. The summed E-state index contributed by atoms with van der Waals surface area (Å²) >= 11 is 0. The molecule has 1 aliphatic heterocycles. The number of aromatic amines is 1. The van der Waals surface area contributed by atoms with E-state index in [2.05, 4.69) is 53.2 Å². The minimum atomic E-state index is -0.204. The predicted molar refractivity (Wildman–Crippen MR) is 123 cm³/mol. The summed E-state index contributed by atoms with van der Waals surface area (Å²) < 4.78 is 1.60. The number of likely N-dealkylation sites (tertiary alicyclic amines) is 1. The lowest BCUT2D eigenvalue weighted by molar-refractivity contribution is 0.0825. The second kappa shape index (κ2) is 8.80. The Morgan fingerprint density at radius 3 is 2.55 bits per heavy atom. The molecule has 0 atom stereocenters. The van der Waals surface area contributed by atoms with Gasteiger partial charge in [-0.3, -0.25) is 9.89 Å². The van der Waals surface area contributed by atoms with Gasteiger partial charge in [-0.1, -0.05) is 45.0 Å². The normalized spacial score (nSPS) is 16.1. The van der Waals surface area contributed by atoms with Gasteiger partial charge in [0.15, 0.2) is 11.5 Å². The van der Waals surface area contributed by atoms with Gasteiger partial charge in [0, 0.05) is 31.3 Å². The molecule has 1 aromatic carbocycles. The molecule has 8 heteroatoms. The van der Waals surface area contributed by atoms with E-state index in [-0.39, 0.29) is 17.1 Å². The van der Waals surface area contributed by atoms with Crippen LogP contribution in [0.25, 0.3) is 17.0 Å². The highest BCUT2D eigenvalue weighted by atomic mass is 16.3. The van der Waals surface area contributed by atoms with E-state index >= 15 is 0 Å². The molecule has 166 valence electrons. The minimum absolute atomic E-state index is 0.0798. The van der Waals surface area contributed by atoms with Crippen molar-refractivity contribution in [3.05, 3.63) is 46.2 Å².